The van der Waals surface area contributed by atoms with Gasteiger partial charge in [0.1, 0.15) is 6.33 Å². The van der Waals surface area contributed by atoms with E-state index in [2.05, 4.69) is 20.5 Å². The first-order valence-corrected chi connectivity index (χ1v) is 12.1. The lowest BCUT2D eigenvalue weighted by Crippen LogP contribution is -2.60. The molecule has 7 nitrogen and oxygen atoms in total. The van der Waals surface area contributed by atoms with Gasteiger partial charge in [-0.1, -0.05) is 12.1 Å². The number of hydrogen-bond donors (Lipinski definition) is 1. The van der Waals surface area contributed by atoms with Crippen LogP contribution < -0.4 is 5.32 Å². The number of carbonyl (C=O) groups is 1. The first-order chi connectivity index (χ1) is 16.6. The SMILES string of the molecule is O=C(Nc1cnn(Cc2cccc(C(F)(F)F)c2)c1)C12CC3CC(C1)CC(n1cnc(Cl)n1)(C3)C2. The van der Waals surface area contributed by atoms with Gasteiger partial charge in [0.25, 0.3) is 0 Å². The molecule has 4 saturated carbocycles. The van der Waals surface area contributed by atoms with Gasteiger partial charge in [0.05, 0.1) is 34.9 Å². The molecule has 4 bridgehead atoms. The zero-order chi connectivity index (χ0) is 24.4. The summed E-state index contributed by atoms with van der Waals surface area (Å²) in [5.41, 5.74) is -0.410. The highest BCUT2D eigenvalue weighted by atomic mass is 35.5. The van der Waals surface area contributed by atoms with Crippen LogP contribution in [0, 0.1) is 17.3 Å². The zero-order valence-electron chi connectivity index (χ0n) is 18.8. The van der Waals surface area contributed by atoms with E-state index in [9.17, 15) is 18.0 Å². The minimum absolute atomic E-state index is 0.0270. The molecule has 2 unspecified atom stereocenters. The maximum atomic E-state index is 13.6. The molecule has 3 aromatic rings. The Morgan fingerprint density at radius 1 is 1.20 bits per heavy atom. The van der Waals surface area contributed by atoms with Crippen LogP contribution in [0.1, 0.15) is 49.7 Å². The fourth-order valence-corrected chi connectivity index (χ4v) is 7.16. The van der Waals surface area contributed by atoms with E-state index in [-0.39, 0.29) is 23.3 Å². The van der Waals surface area contributed by atoms with Gasteiger partial charge in [-0.05, 0) is 79.7 Å². The van der Waals surface area contributed by atoms with Crippen LogP contribution in [-0.2, 0) is 23.1 Å². The van der Waals surface area contributed by atoms with Gasteiger partial charge < -0.3 is 5.32 Å². The summed E-state index contributed by atoms with van der Waals surface area (Å²) < 4.78 is 42.5. The lowest BCUT2D eigenvalue weighted by Gasteiger charge is -2.60. The molecule has 35 heavy (non-hydrogen) atoms. The van der Waals surface area contributed by atoms with E-state index < -0.39 is 17.2 Å². The van der Waals surface area contributed by atoms with Crippen LogP contribution in [0.25, 0.3) is 0 Å². The largest absolute Gasteiger partial charge is 0.416 e. The normalized spacial score (nSPS) is 29.5. The van der Waals surface area contributed by atoms with Crippen molar-refractivity contribution in [1.29, 1.82) is 0 Å². The van der Waals surface area contributed by atoms with E-state index in [1.165, 1.54) is 10.7 Å². The van der Waals surface area contributed by atoms with Gasteiger partial charge in [0, 0.05) is 6.20 Å². The van der Waals surface area contributed by atoms with Crippen molar-refractivity contribution >= 4 is 23.2 Å². The molecule has 4 aliphatic rings. The smallest absolute Gasteiger partial charge is 0.323 e. The average molecular weight is 505 g/mol. The van der Waals surface area contributed by atoms with Crippen LogP contribution in [0.5, 0.6) is 0 Å². The molecule has 7 rings (SSSR count). The minimum Gasteiger partial charge on any atom is -0.323 e. The Balaban J connectivity index is 1.19. The summed E-state index contributed by atoms with van der Waals surface area (Å²) in [6.07, 6.45) is 5.95. The predicted octanol–water partition coefficient (Wildman–Crippen LogP) is 5.13. The van der Waals surface area contributed by atoms with Crippen molar-refractivity contribution < 1.29 is 18.0 Å². The lowest BCUT2D eigenvalue weighted by atomic mass is 9.46. The van der Waals surface area contributed by atoms with Crippen molar-refractivity contribution in [2.24, 2.45) is 17.3 Å². The fraction of sp³-hybridized carbons (Fsp3) is 0.500. The number of nitrogens with one attached hydrogen (secondary N) is 1. The highest BCUT2D eigenvalue weighted by molar-refractivity contribution is 6.28. The maximum Gasteiger partial charge on any atom is 0.416 e. The number of hydrogen-bond acceptors (Lipinski definition) is 4. The Morgan fingerprint density at radius 3 is 2.66 bits per heavy atom. The van der Waals surface area contributed by atoms with Crippen LogP contribution in [0.15, 0.2) is 43.0 Å². The van der Waals surface area contributed by atoms with Crippen molar-refractivity contribution in [3.63, 3.8) is 0 Å². The predicted molar refractivity (Wildman–Crippen MR) is 122 cm³/mol. The number of benzene rings is 1. The number of nitrogens with zero attached hydrogens (tertiary/aromatic N) is 5. The second-order valence-electron chi connectivity index (χ2n) is 10.5. The molecule has 1 aromatic carbocycles. The third kappa shape index (κ3) is 4.01. The van der Waals surface area contributed by atoms with Crippen molar-refractivity contribution in [3.05, 3.63) is 59.4 Å². The Kier molecular flexibility index (Phi) is 5.04. The van der Waals surface area contributed by atoms with Crippen molar-refractivity contribution in [2.75, 3.05) is 5.32 Å². The standard InChI is InChI=1S/C24H24ClF3N6O/c25-21-29-14-34(32-21)23-8-16-4-17(9-23)7-22(6-16,13-23)20(35)31-19-10-30-33(12-19)11-15-2-1-3-18(5-15)24(26,27)28/h1-3,5,10,12,14,16-17H,4,6-9,11,13H2,(H,31,35). The Morgan fingerprint density at radius 2 is 1.97 bits per heavy atom. The van der Waals surface area contributed by atoms with E-state index in [1.807, 2.05) is 4.68 Å². The average Bonchev–Trinajstić information content (AvgIpc) is 3.41. The summed E-state index contributed by atoms with van der Waals surface area (Å²) in [5.74, 6) is 0.878. The topological polar surface area (TPSA) is 77.6 Å². The van der Waals surface area contributed by atoms with Gasteiger partial charge in [-0.25, -0.2) is 9.67 Å². The van der Waals surface area contributed by atoms with Crippen molar-refractivity contribution in [3.8, 4) is 0 Å². The lowest BCUT2D eigenvalue weighted by molar-refractivity contribution is -0.150. The van der Waals surface area contributed by atoms with Crippen LogP contribution in [0.3, 0.4) is 0 Å². The Labute approximate surface area is 204 Å². The second kappa shape index (κ2) is 7.81. The van der Waals surface area contributed by atoms with Crippen LogP contribution in [-0.4, -0.2) is 30.5 Å². The monoisotopic (exact) mass is 504 g/mol. The summed E-state index contributed by atoms with van der Waals surface area (Å²) in [6.45, 7) is 0.172. The van der Waals surface area contributed by atoms with Gasteiger partial charge in [-0.15, -0.1) is 5.10 Å². The second-order valence-corrected chi connectivity index (χ2v) is 10.8. The number of carbonyl (C=O) groups excluding carboxylic acids is 1. The van der Waals surface area contributed by atoms with Crippen molar-refractivity contribution in [2.45, 2.75) is 56.8 Å². The number of halogens is 4. The molecule has 2 aromatic heterocycles. The number of anilines is 1. The van der Waals surface area contributed by atoms with E-state index >= 15 is 0 Å². The summed E-state index contributed by atoms with van der Waals surface area (Å²) in [7, 11) is 0. The van der Waals surface area contributed by atoms with E-state index in [1.54, 1.807) is 24.8 Å². The zero-order valence-corrected chi connectivity index (χ0v) is 19.6. The molecule has 184 valence electrons. The van der Waals surface area contributed by atoms with Crippen LogP contribution >= 0.6 is 11.6 Å². The number of rotatable bonds is 5. The van der Waals surface area contributed by atoms with Gasteiger partial charge in [0.2, 0.25) is 11.2 Å². The highest BCUT2D eigenvalue weighted by Crippen LogP contribution is 2.64. The van der Waals surface area contributed by atoms with Gasteiger partial charge in [-0.2, -0.15) is 18.3 Å². The molecule has 0 saturated heterocycles. The third-order valence-corrected chi connectivity index (χ3v) is 8.12. The molecule has 2 heterocycles. The third-order valence-electron chi connectivity index (χ3n) is 7.95. The molecule has 1 N–H and O–H groups in total. The Hall–Kier alpha value is -2.88. The molecular formula is C24H24ClF3N6O. The van der Waals surface area contributed by atoms with Gasteiger partial charge in [0.15, 0.2) is 0 Å². The molecule has 4 aliphatic carbocycles. The van der Waals surface area contributed by atoms with Crippen molar-refractivity contribution in [1.82, 2.24) is 24.5 Å². The first kappa shape index (κ1) is 22.6. The molecule has 0 radical (unpaired) electrons. The van der Waals surface area contributed by atoms with Gasteiger partial charge in [-0.3, -0.25) is 9.48 Å². The molecule has 1 amide bonds. The summed E-state index contributed by atoms with van der Waals surface area (Å²) in [6, 6.07) is 5.17. The molecule has 11 heteroatoms. The molecule has 2 atom stereocenters. The number of amides is 1. The summed E-state index contributed by atoms with van der Waals surface area (Å²) >= 11 is 6.01. The number of aromatic nitrogens is 5. The summed E-state index contributed by atoms with van der Waals surface area (Å²) in [5, 5.41) is 11.9. The molecule has 0 spiro atoms. The maximum absolute atomic E-state index is 13.6. The Bertz CT molecular complexity index is 1270. The fourth-order valence-electron chi connectivity index (χ4n) is 7.03. The first-order valence-electron chi connectivity index (χ1n) is 11.7. The van der Waals surface area contributed by atoms with Gasteiger partial charge >= 0.3 is 6.18 Å². The highest BCUT2D eigenvalue weighted by Gasteiger charge is 2.61. The van der Waals surface area contributed by atoms with Crippen LogP contribution in [0.4, 0.5) is 18.9 Å². The minimum atomic E-state index is -4.40. The van der Waals surface area contributed by atoms with E-state index in [4.69, 9.17) is 11.6 Å². The summed E-state index contributed by atoms with van der Waals surface area (Å²) in [4.78, 5) is 17.7. The van der Waals surface area contributed by atoms with Crippen LogP contribution in [0.2, 0.25) is 5.28 Å². The van der Waals surface area contributed by atoms with E-state index in [0.717, 1.165) is 44.2 Å². The quantitative estimate of drug-likeness (QED) is 0.522. The molecule has 0 aliphatic heterocycles. The number of alkyl halides is 3. The molecular weight excluding hydrogens is 481 g/mol. The molecule has 4 fully saturated rings. The van der Waals surface area contributed by atoms with E-state index in [0.29, 0.717) is 29.5 Å².